The van der Waals surface area contributed by atoms with Crippen LogP contribution in [0.3, 0.4) is 0 Å². The predicted molar refractivity (Wildman–Crippen MR) is 76.3 cm³/mol. The average Bonchev–Trinajstić information content (AvgIpc) is 2.94. The van der Waals surface area contributed by atoms with E-state index >= 15 is 0 Å². The van der Waals surface area contributed by atoms with E-state index in [2.05, 4.69) is 22.4 Å². The van der Waals surface area contributed by atoms with Crippen molar-refractivity contribution in [1.82, 2.24) is 15.5 Å². The van der Waals surface area contributed by atoms with Gasteiger partial charge in [-0.15, -0.1) is 10.2 Å². The van der Waals surface area contributed by atoms with Gasteiger partial charge in [0.05, 0.1) is 0 Å². The van der Waals surface area contributed by atoms with Gasteiger partial charge in [0, 0.05) is 12.1 Å². The third-order valence-corrected chi connectivity index (χ3v) is 2.98. The highest BCUT2D eigenvalue weighted by Crippen LogP contribution is 2.18. The number of hydrogen-bond donors (Lipinski definition) is 1. The summed E-state index contributed by atoms with van der Waals surface area (Å²) in [5.41, 5.74) is 1.97. The third-order valence-electron chi connectivity index (χ3n) is 2.98. The summed E-state index contributed by atoms with van der Waals surface area (Å²) in [6.07, 6.45) is 3.17. The van der Waals surface area contributed by atoms with Gasteiger partial charge in [0.1, 0.15) is 0 Å². The minimum absolute atomic E-state index is 0.0112. The topological polar surface area (TPSA) is 68.0 Å². The molecule has 5 heteroatoms. The van der Waals surface area contributed by atoms with Crippen molar-refractivity contribution in [3.05, 3.63) is 35.7 Å². The number of amides is 1. The van der Waals surface area contributed by atoms with Crippen LogP contribution in [0.5, 0.6) is 0 Å². The maximum absolute atomic E-state index is 11.8. The van der Waals surface area contributed by atoms with E-state index in [4.69, 9.17) is 4.42 Å². The van der Waals surface area contributed by atoms with E-state index in [1.165, 1.54) is 0 Å². The molecular formula is C15H19N3O2. The summed E-state index contributed by atoms with van der Waals surface area (Å²) < 4.78 is 5.39. The van der Waals surface area contributed by atoms with Crippen LogP contribution in [-0.2, 0) is 0 Å². The number of carbonyl (C=O) groups is 1. The molecule has 0 saturated carbocycles. The van der Waals surface area contributed by atoms with E-state index in [1.54, 1.807) is 0 Å². The van der Waals surface area contributed by atoms with Crippen molar-refractivity contribution < 1.29 is 9.21 Å². The van der Waals surface area contributed by atoms with Crippen LogP contribution in [0.15, 0.2) is 28.7 Å². The van der Waals surface area contributed by atoms with Crippen molar-refractivity contribution in [3.63, 3.8) is 0 Å². The van der Waals surface area contributed by atoms with E-state index < -0.39 is 0 Å². The Morgan fingerprint density at radius 1 is 1.20 bits per heavy atom. The van der Waals surface area contributed by atoms with Gasteiger partial charge in [-0.2, -0.15) is 0 Å². The molecule has 0 unspecified atom stereocenters. The summed E-state index contributed by atoms with van der Waals surface area (Å²) in [7, 11) is 0. The Morgan fingerprint density at radius 2 is 1.95 bits per heavy atom. The fourth-order valence-electron chi connectivity index (χ4n) is 1.78. The monoisotopic (exact) mass is 273 g/mol. The molecule has 0 bridgehead atoms. The lowest BCUT2D eigenvalue weighted by Gasteiger charge is -2.00. The Balaban J connectivity index is 1.98. The van der Waals surface area contributed by atoms with Crippen molar-refractivity contribution in [3.8, 4) is 11.5 Å². The third kappa shape index (κ3) is 3.66. The molecule has 2 aromatic rings. The van der Waals surface area contributed by atoms with Gasteiger partial charge in [0.15, 0.2) is 0 Å². The summed E-state index contributed by atoms with van der Waals surface area (Å²) in [6.45, 7) is 4.76. The van der Waals surface area contributed by atoms with Crippen LogP contribution in [0.4, 0.5) is 0 Å². The maximum atomic E-state index is 11.8. The summed E-state index contributed by atoms with van der Waals surface area (Å²) in [5, 5.41) is 10.5. The number of hydrogen-bond acceptors (Lipinski definition) is 4. The molecule has 106 valence electrons. The van der Waals surface area contributed by atoms with Gasteiger partial charge in [-0.1, -0.05) is 37.5 Å². The van der Waals surface area contributed by atoms with Crippen molar-refractivity contribution in [1.29, 1.82) is 0 Å². The Morgan fingerprint density at radius 3 is 2.65 bits per heavy atom. The molecule has 20 heavy (non-hydrogen) atoms. The van der Waals surface area contributed by atoms with Gasteiger partial charge in [0.25, 0.3) is 0 Å². The fourth-order valence-corrected chi connectivity index (χ4v) is 1.78. The van der Waals surface area contributed by atoms with E-state index in [9.17, 15) is 4.79 Å². The van der Waals surface area contributed by atoms with Crippen molar-refractivity contribution in [2.24, 2.45) is 0 Å². The number of unbranched alkanes of at least 4 members (excludes halogenated alkanes) is 2. The first-order valence-electron chi connectivity index (χ1n) is 6.89. The first-order valence-corrected chi connectivity index (χ1v) is 6.89. The highest BCUT2D eigenvalue weighted by atomic mass is 16.4. The van der Waals surface area contributed by atoms with Crippen molar-refractivity contribution in [2.75, 3.05) is 6.54 Å². The van der Waals surface area contributed by atoms with Crippen molar-refractivity contribution >= 4 is 5.91 Å². The molecule has 0 radical (unpaired) electrons. The standard InChI is InChI=1S/C15H19N3O2/c1-3-4-5-10-16-13(19)15-18-17-14(20-15)12-8-6-11(2)7-9-12/h6-9H,3-5,10H2,1-2H3,(H,16,19). The highest BCUT2D eigenvalue weighted by Gasteiger charge is 2.15. The van der Waals surface area contributed by atoms with Crippen LogP contribution in [0.2, 0.25) is 0 Å². The van der Waals surface area contributed by atoms with E-state index in [-0.39, 0.29) is 11.8 Å². The lowest BCUT2D eigenvalue weighted by atomic mass is 10.1. The number of benzene rings is 1. The Labute approximate surface area is 118 Å². The number of carbonyl (C=O) groups excluding carboxylic acids is 1. The van der Waals surface area contributed by atoms with E-state index in [1.807, 2.05) is 31.2 Å². The Hall–Kier alpha value is -2.17. The fraction of sp³-hybridized carbons (Fsp3) is 0.400. The molecule has 1 N–H and O–H groups in total. The summed E-state index contributed by atoms with van der Waals surface area (Å²) in [5.74, 6) is 0.0627. The zero-order chi connectivity index (χ0) is 14.4. The zero-order valence-electron chi connectivity index (χ0n) is 11.8. The molecule has 0 saturated heterocycles. The molecule has 0 aliphatic rings. The number of aromatic nitrogens is 2. The summed E-state index contributed by atoms with van der Waals surface area (Å²) in [6, 6.07) is 7.71. The van der Waals surface area contributed by atoms with Crippen LogP contribution in [0.25, 0.3) is 11.5 Å². The molecule has 5 nitrogen and oxygen atoms in total. The molecule has 2 rings (SSSR count). The predicted octanol–water partition coefficient (Wildman–Crippen LogP) is 2.97. The SMILES string of the molecule is CCCCCNC(=O)c1nnc(-c2ccc(C)cc2)o1. The molecule has 0 aliphatic heterocycles. The quantitative estimate of drug-likeness (QED) is 0.822. The smallest absolute Gasteiger partial charge is 0.308 e. The second-order valence-corrected chi connectivity index (χ2v) is 4.74. The Bertz CT molecular complexity index is 561. The van der Waals surface area contributed by atoms with Crippen LogP contribution in [0, 0.1) is 6.92 Å². The van der Waals surface area contributed by atoms with Gasteiger partial charge in [0.2, 0.25) is 5.89 Å². The molecule has 0 aliphatic carbocycles. The van der Waals surface area contributed by atoms with Gasteiger partial charge in [-0.25, -0.2) is 0 Å². The molecule has 0 spiro atoms. The molecular weight excluding hydrogens is 254 g/mol. The molecule has 1 aromatic heterocycles. The summed E-state index contributed by atoms with van der Waals surface area (Å²) >= 11 is 0. The Kier molecular flexibility index (Phi) is 4.87. The lowest BCUT2D eigenvalue weighted by molar-refractivity contribution is 0.0919. The van der Waals surface area contributed by atoms with Crippen LogP contribution in [0.1, 0.15) is 42.4 Å². The van der Waals surface area contributed by atoms with Gasteiger partial charge in [-0.05, 0) is 25.5 Å². The van der Waals surface area contributed by atoms with Gasteiger partial charge >= 0.3 is 11.8 Å². The number of nitrogens with one attached hydrogen (secondary N) is 1. The number of rotatable bonds is 6. The zero-order valence-corrected chi connectivity index (χ0v) is 11.8. The van der Waals surface area contributed by atoms with E-state index in [0.29, 0.717) is 12.4 Å². The molecule has 0 fully saturated rings. The van der Waals surface area contributed by atoms with Crippen LogP contribution >= 0.6 is 0 Å². The normalized spacial score (nSPS) is 10.5. The molecule has 1 amide bonds. The van der Waals surface area contributed by atoms with Gasteiger partial charge in [-0.3, -0.25) is 4.79 Å². The second-order valence-electron chi connectivity index (χ2n) is 4.74. The lowest BCUT2D eigenvalue weighted by Crippen LogP contribution is -2.24. The average molecular weight is 273 g/mol. The van der Waals surface area contributed by atoms with Crippen LogP contribution in [-0.4, -0.2) is 22.6 Å². The number of nitrogens with zero attached hydrogens (tertiary/aromatic N) is 2. The molecule has 1 heterocycles. The second kappa shape index (κ2) is 6.84. The minimum Gasteiger partial charge on any atom is -0.412 e. The largest absolute Gasteiger partial charge is 0.412 e. The first-order chi connectivity index (χ1) is 9.70. The van der Waals surface area contributed by atoms with E-state index in [0.717, 1.165) is 30.4 Å². The summed E-state index contributed by atoms with van der Waals surface area (Å²) in [4.78, 5) is 11.8. The van der Waals surface area contributed by atoms with Gasteiger partial charge < -0.3 is 9.73 Å². The maximum Gasteiger partial charge on any atom is 0.308 e. The minimum atomic E-state index is -0.313. The molecule has 0 atom stereocenters. The van der Waals surface area contributed by atoms with Crippen LogP contribution < -0.4 is 5.32 Å². The highest BCUT2D eigenvalue weighted by molar-refractivity contribution is 5.89. The number of aryl methyl sites for hydroxylation is 1. The molecule has 1 aromatic carbocycles. The first kappa shape index (κ1) is 14.2. The van der Waals surface area contributed by atoms with Crippen molar-refractivity contribution in [2.45, 2.75) is 33.1 Å².